The van der Waals surface area contributed by atoms with Crippen molar-refractivity contribution in [2.24, 2.45) is 5.41 Å². The fourth-order valence-corrected chi connectivity index (χ4v) is 3.15. The van der Waals surface area contributed by atoms with Gasteiger partial charge in [0.1, 0.15) is 6.33 Å². The van der Waals surface area contributed by atoms with Crippen LogP contribution in [0.15, 0.2) is 36.7 Å². The molecule has 0 atom stereocenters. The average molecular weight is 329 g/mol. The molecule has 1 aliphatic rings. The van der Waals surface area contributed by atoms with E-state index in [-0.39, 0.29) is 5.91 Å². The Morgan fingerprint density at radius 3 is 2.79 bits per heavy atom. The van der Waals surface area contributed by atoms with E-state index >= 15 is 0 Å². The minimum absolute atomic E-state index is 0.0217. The molecule has 0 radical (unpaired) electrons. The van der Waals surface area contributed by atoms with Crippen LogP contribution in [-0.4, -0.2) is 47.5 Å². The van der Waals surface area contributed by atoms with E-state index in [1.807, 2.05) is 34.9 Å². The van der Waals surface area contributed by atoms with Crippen LogP contribution >= 0.6 is 0 Å². The number of para-hydroxylation sites is 1. The van der Waals surface area contributed by atoms with Crippen LogP contribution in [0.4, 0.5) is 0 Å². The number of rotatable bonds is 6. The van der Waals surface area contributed by atoms with Gasteiger partial charge >= 0.3 is 0 Å². The fraction of sp³-hybridized carbons (Fsp3) is 0.471. The van der Waals surface area contributed by atoms with E-state index in [9.17, 15) is 4.79 Å². The van der Waals surface area contributed by atoms with E-state index < -0.39 is 5.41 Å². The Morgan fingerprint density at radius 1 is 1.33 bits per heavy atom. The molecule has 2 heterocycles. The summed E-state index contributed by atoms with van der Waals surface area (Å²) in [5, 5.41) is 14.4. The van der Waals surface area contributed by atoms with Gasteiger partial charge in [-0.2, -0.15) is 0 Å². The van der Waals surface area contributed by atoms with Crippen molar-refractivity contribution in [1.82, 2.24) is 25.4 Å². The molecule has 7 heteroatoms. The Bertz CT molecular complexity index is 659. The Hall–Kier alpha value is -2.25. The molecule has 1 amide bonds. The lowest BCUT2D eigenvalue weighted by Gasteiger charge is -2.35. The quantitative estimate of drug-likeness (QED) is 0.823. The zero-order valence-corrected chi connectivity index (χ0v) is 13.9. The summed E-state index contributed by atoms with van der Waals surface area (Å²) in [7, 11) is 1.64. The van der Waals surface area contributed by atoms with Crippen molar-refractivity contribution in [1.29, 1.82) is 0 Å². The van der Waals surface area contributed by atoms with E-state index in [4.69, 9.17) is 4.74 Å². The van der Waals surface area contributed by atoms with Crippen molar-refractivity contribution < 1.29 is 9.53 Å². The van der Waals surface area contributed by atoms with Gasteiger partial charge in [0.2, 0.25) is 5.91 Å². The number of aromatic nitrogens is 3. The molecular formula is C17H23N5O2. The summed E-state index contributed by atoms with van der Waals surface area (Å²) in [5.74, 6) is 0.726. The van der Waals surface area contributed by atoms with Gasteiger partial charge in [-0.1, -0.05) is 18.2 Å². The maximum Gasteiger partial charge on any atom is 0.229 e. The van der Waals surface area contributed by atoms with Crippen molar-refractivity contribution in [2.45, 2.75) is 19.4 Å². The topological polar surface area (TPSA) is 81.1 Å². The van der Waals surface area contributed by atoms with Crippen LogP contribution in [-0.2, 0) is 16.1 Å². The number of benzene rings is 1. The van der Waals surface area contributed by atoms with Gasteiger partial charge in [0.25, 0.3) is 0 Å². The molecule has 0 bridgehead atoms. The molecule has 1 aromatic heterocycles. The number of hydrogen-bond donors (Lipinski definition) is 2. The Morgan fingerprint density at radius 2 is 2.08 bits per heavy atom. The average Bonchev–Trinajstić information content (AvgIpc) is 3.10. The minimum atomic E-state index is -0.461. The Labute approximate surface area is 141 Å². The first-order chi connectivity index (χ1) is 11.7. The lowest BCUT2D eigenvalue weighted by atomic mass is 9.78. The van der Waals surface area contributed by atoms with Crippen LogP contribution in [0.1, 0.15) is 18.7 Å². The molecule has 1 aliphatic heterocycles. The number of ether oxygens (including phenoxy) is 1. The normalized spacial score (nSPS) is 16.7. The van der Waals surface area contributed by atoms with Crippen LogP contribution in [0.5, 0.6) is 0 Å². The summed E-state index contributed by atoms with van der Waals surface area (Å²) in [5.41, 5.74) is 0.512. The third kappa shape index (κ3) is 3.47. The summed E-state index contributed by atoms with van der Waals surface area (Å²) in [6, 6.07) is 9.84. The predicted molar refractivity (Wildman–Crippen MR) is 89.6 cm³/mol. The molecule has 3 rings (SSSR count). The number of nitrogens with zero attached hydrogens (tertiary/aromatic N) is 3. The maximum atomic E-state index is 12.8. The van der Waals surface area contributed by atoms with Crippen LogP contribution in [0.3, 0.4) is 0 Å². The van der Waals surface area contributed by atoms with Gasteiger partial charge in [-0.15, -0.1) is 10.2 Å². The van der Waals surface area contributed by atoms with Crippen LogP contribution in [0, 0.1) is 5.41 Å². The number of carbonyl (C=O) groups is 1. The third-order valence-electron chi connectivity index (χ3n) is 4.52. The third-order valence-corrected chi connectivity index (χ3v) is 4.52. The molecule has 24 heavy (non-hydrogen) atoms. The molecular weight excluding hydrogens is 306 g/mol. The Kier molecular flexibility index (Phi) is 5.22. The second kappa shape index (κ2) is 7.55. The number of piperidine rings is 1. The van der Waals surface area contributed by atoms with Crippen molar-refractivity contribution in [3.05, 3.63) is 42.5 Å². The molecule has 1 fully saturated rings. The standard InChI is InChI=1S/C17H23N5O2/c1-24-12-17(7-9-18-10-8-17)16(23)19-11-15-21-20-13-22(15)14-5-3-2-4-6-14/h2-6,13,18H,7-12H2,1H3,(H,19,23). The highest BCUT2D eigenvalue weighted by Crippen LogP contribution is 2.29. The maximum absolute atomic E-state index is 12.8. The number of nitrogens with one attached hydrogen (secondary N) is 2. The summed E-state index contributed by atoms with van der Waals surface area (Å²) in [6.07, 6.45) is 3.21. The predicted octanol–water partition coefficient (Wildman–Crippen LogP) is 0.900. The zero-order chi connectivity index (χ0) is 16.8. The number of amides is 1. The molecule has 1 saturated heterocycles. The van der Waals surface area contributed by atoms with Gasteiger partial charge in [0, 0.05) is 12.8 Å². The van der Waals surface area contributed by atoms with Gasteiger partial charge in [-0.05, 0) is 38.1 Å². The highest BCUT2D eigenvalue weighted by atomic mass is 16.5. The lowest BCUT2D eigenvalue weighted by molar-refractivity contribution is -0.136. The molecule has 128 valence electrons. The highest BCUT2D eigenvalue weighted by Gasteiger charge is 2.39. The number of methoxy groups -OCH3 is 1. The first kappa shape index (κ1) is 16.6. The van der Waals surface area contributed by atoms with Gasteiger partial charge in [-0.25, -0.2) is 0 Å². The molecule has 0 aliphatic carbocycles. The van der Waals surface area contributed by atoms with E-state index in [2.05, 4.69) is 20.8 Å². The van der Waals surface area contributed by atoms with Crippen LogP contribution in [0.25, 0.3) is 5.69 Å². The molecule has 7 nitrogen and oxygen atoms in total. The molecule has 1 aromatic carbocycles. The second-order valence-corrected chi connectivity index (χ2v) is 6.10. The molecule has 0 saturated carbocycles. The van der Waals surface area contributed by atoms with E-state index in [0.717, 1.165) is 31.6 Å². The Balaban J connectivity index is 1.69. The van der Waals surface area contributed by atoms with Gasteiger partial charge in [-0.3, -0.25) is 9.36 Å². The summed E-state index contributed by atoms with van der Waals surface area (Å²) in [6.45, 7) is 2.44. The van der Waals surface area contributed by atoms with Crippen LogP contribution < -0.4 is 10.6 Å². The largest absolute Gasteiger partial charge is 0.384 e. The molecule has 0 spiro atoms. The zero-order valence-electron chi connectivity index (χ0n) is 13.9. The summed E-state index contributed by atoms with van der Waals surface area (Å²) < 4.78 is 7.19. The number of carbonyl (C=O) groups excluding carboxylic acids is 1. The SMILES string of the molecule is COCC1(C(=O)NCc2nncn2-c2ccccc2)CCNCC1. The van der Waals surface area contributed by atoms with Crippen LogP contribution in [0.2, 0.25) is 0 Å². The lowest BCUT2D eigenvalue weighted by Crippen LogP contribution is -2.50. The van der Waals surface area contributed by atoms with E-state index in [1.54, 1.807) is 13.4 Å². The van der Waals surface area contributed by atoms with E-state index in [1.165, 1.54) is 0 Å². The number of hydrogen-bond acceptors (Lipinski definition) is 5. The first-order valence-electron chi connectivity index (χ1n) is 8.17. The second-order valence-electron chi connectivity index (χ2n) is 6.10. The van der Waals surface area contributed by atoms with Crippen molar-refractivity contribution in [3.63, 3.8) is 0 Å². The first-order valence-corrected chi connectivity index (χ1v) is 8.17. The minimum Gasteiger partial charge on any atom is -0.384 e. The smallest absolute Gasteiger partial charge is 0.229 e. The van der Waals surface area contributed by atoms with E-state index in [0.29, 0.717) is 19.0 Å². The van der Waals surface area contributed by atoms with Crippen molar-refractivity contribution in [2.75, 3.05) is 26.8 Å². The van der Waals surface area contributed by atoms with Crippen molar-refractivity contribution in [3.8, 4) is 5.69 Å². The fourth-order valence-electron chi connectivity index (χ4n) is 3.15. The van der Waals surface area contributed by atoms with Gasteiger partial charge in [0.05, 0.1) is 18.6 Å². The summed E-state index contributed by atoms with van der Waals surface area (Å²) >= 11 is 0. The van der Waals surface area contributed by atoms with Gasteiger partial charge in [0.15, 0.2) is 5.82 Å². The van der Waals surface area contributed by atoms with Gasteiger partial charge < -0.3 is 15.4 Å². The highest BCUT2D eigenvalue weighted by molar-refractivity contribution is 5.82. The molecule has 0 unspecified atom stereocenters. The monoisotopic (exact) mass is 329 g/mol. The van der Waals surface area contributed by atoms with Crippen molar-refractivity contribution >= 4 is 5.91 Å². The summed E-state index contributed by atoms with van der Waals surface area (Å²) in [4.78, 5) is 12.8. The molecule has 2 aromatic rings. The molecule has 2 N–H and O–H groups in total.